The van der Waals surface area contributed by atoms with Crippen molar-refractivity contribution in [2.75, 3.05) is 5.32 Å². The van der Waals surface area contributed by atoms with Crippen molar-refractivity contribution >= 4 is 11.4 Å². The highest BCUT2D eigenvalue weighted by Gasteiger charge is 2.40. The van der Waals surface area contributed by atoms with Crippen molar-refractivity contribution in [1.82, 2.24) is 0 Å². The molecule has 128 valence electrons. The van der Waals surface area contributed by atoms with E-state index in [2.05, 4.69) is 88.5 Å². The van der Waals surface area contributed by atoms with E-state index in [1.54, 1.807) is 0 Å². The van der Waals surface area contributed by atoms with E-state index < -0.39 is 0 Å². The summed E-state index contributed by atoms with van der Waals surface area (Å²) in [5.74, 6) is 1.04. The summed E-state index contributed by atoms with van der Waals surface area (Å²) < 4.78 is 5.99. The van der Waals surface area contributed by atoms with Gasteiger partial charge in [0.1, 0.15) is 12.0 Å². The fourth-order valence-electron chi connectivity index (χ4n) is 3.75. The van der Waals surface area contributed by atoms with Crippen molar-refractivity contribution in [2.45, 2.75) is 45.4 Å². The van der Waals surface area contributed by atoms with Crippen LogP contribution in [0.3, 0.4) is 0 Å². The lowest BCUT2D eigenvalue weighted by Crippen LogP contribution is -2.14. The Morgan fingerprint density at radius 3 is 2.28 bits per heavy atom. The van der Waals surface area contributed by atoms with Gasteiger partial charge in [-0.05, 0) is 48.1 Å². The van der Waals surface area contributed by atoms with E-state index in [-0.39, 0.29) is 10.8 Å². The lowest BCUT2D eigenvalue weighted by atomic mass is 9.86. The average molecular weight is 331 g/mol. The highest BCUT2D eigenvalue weighted by Crippen LogP contribution is 2.52. The van der Waals surface area contributed by atoms with Crippen LogP contribution in [0.15, 0.2) is 59.2 Å². The van der Waals surface area contributed by atoms with Gasteiger partial charge < -0.3 is 9.73 Å². The second-order valence-corrected chi connectivity index (χ2v) is 8.48. The average Bonchev–Trinajstić information content (AvgIpc) is 3.07. The Hall–Kier alpha value is -2.48. The predicted molar refractivity (Wildman–Crippen MR) is 105 cm³/mol. The van der Waals surface area contributed by atoms with Crippen molar-refractivity contribution in [2.24, 2.45) is 0 Å². The van der Waals surface area contributed by atoms with Gasteiger partial charge in [0.2, 0.25) is 0 Å². The molecule has 0 fully saturated rings. The first kappa shape index (κ1) is 16.0. The standard InChI is InChI=1S/C23H25NO/c1-22(2,3)15-10-12-16(13-11-15)24-19-14-25-21-20(19)17-8-6-7-9-18(17)23(21,4)5/h6-14,24H,1-5H3. The zero-order valence-corrected chi connectivity index (χ0v) is 15.6. The van der Waals surface area contributed by atoms with Crippen LogP contribution >= 0.6 is 0 Å². The summed E-state index contributed by atoms with van der Waals surface area (Å²) in [5.41, 5.74) is 7.32. The Kier molecular flexibility index (Phi) is 3.37. The summed E-state index contributed by atoms with van der Waals surface area (Å²) in [7, 11) is 0. The quantitative estimate of drug-likeness (QED) is 0.570. The summed E-state index contributed by atoms with van der Waals surface area (Å²) in [6.07, 6.45) is 1.85. The third kappa shape index (κ3) is 2.48. The maximum atomic E-state index is 5.99. The molecule has 1 N–H and O–H groups in total. The molecule has 0 saturated carbocycles. The molecule has 1 aliphatic rings. The van der Waals surface area contributed by atoms with Crippen LogP contribution in [0, 0.1) is 0 Å². The van der Waals surface area contributed by atoms with Gasteiger partial charge in [0, 0.05) is 16.7 Å². The van der Waals surface area contributed by atoms with E-state index in [1.165, 1.54) is 22.3 Å². The van der Waals surface area contributed by atoms with Crippen LogP contribution in [-0.2, 0) is 10.8 Å². The maximum absolute atomic E-state index is 5.99. The third-order valence-electron chi connectivity index (χ3n) is 5.26. The molecule has 0 radical (unpaired) electrons. The molecule has 1 heterocycles. The molecule has 0 atom stereocenters. The predicted octanol–water partition coefficient (Wildman–Crippen LogP) is 6.63. The molecule has 0 unspecified atom stereocenters. The highest BCUT2D eigenvalue weighted by molar-refractivity contribution is 5.89. The molecular formula is C23H25NO. The van der Waals surface area contributed by atoms with Gasteiger partial charge in [0.05, 0.1) is 5.69 Å². The Balaban J connectivity index is 1.72. The van der Waals surface area contributed by atoms with E-state index in [0.717, 1.165) is 17.1 Å². The van der Waals surface area contributed by atoms with Gasteiger partial charge in [-0.3, -0.25) is 0 Å². The molecule has 1 aliphatic carbocycles. The van der Waals surface area contributed by atoms with Crippen LogP contribution in [-0.4, -0.2) is 0 Å². The monoisotopic (exact) mass is 331 g/mol. The van der Waals surface area contributed by atoms with Gasteiger partial charge in [0.15, 0.2) is 0 Å². The van der Waals surface area contributed by atoms with E-state index in [4.69, 9.17) is 4.42 Å². The van der Waals surface area contributed by atoms with Gasteiger partial charge in [-0.1, -0.05) is 57.2 Å². The smallest absolute Gasteiger partial charge is 0.123 e. The van der Waals surface area contributed by atoms with Crippen molar-refractivity contribution in [3.05, 3.63) is 71.7 Å². The van der Waals surface area contributed by atoms with E-state index >= 15 is 0 Å². The number of benzene rings is 2. The number of anilines is 2. The number of hydrogen-bond acceptors (Lipinski definition) is 2. The normalized spacial score (nSPS) is 14.9. The number of nitrogens with one attached hydrogen (secondary N) is 1. The van der Waals surface area contributed by atoms with Crippen LogP contribution in [0.1, 0.15) is 51.5 Å². The zero-order chi connectivity index (χ0) is 17.8. The molecule has 4 rings (SSSR count). The zero-order valence-electron chi connectivity index (χ0n) is 15.6. The molecule has 3 aromatic rings. The van der Waals surface area contributed by atoms with E-state index in [9.17, 15) is 0 Å². The van der Waals surface area contributed by atoms with Crippen molar-refractivity contribution in [3.63, 3.8) is 0 Å². The first-order valence-electron chi connectivity index (χ1n) is 8.88. The number of hydrogen-bond donors (Lipinski definition) is 1. The third-order valence-corrected chi connectivity index (χ3v) is 5.26. The molecule has 25 heavy (non-hydrogen) atoms. The fraction of sp³-hybridized carbons (Fsp3) is 0.304. The maximum Gasteiger partial charge on any atom is 0.123 e. The van der Waals surface area contributed by atoms with E-state index in [1.807, 2.05) is 6.26 Å². The first-order valence-corrected chi connectivity index (χ1v) is 8.88. The summed E-state index contributed by atoms with van der Waals surface area (Å²) in [5, 5.41) is 3.55. The Labute approximate surface area is 149 Å². The molecule has 0 amide bonds. The fourth-order valence-corrected chi connectivity index (χ4v) is 3.75. The lowest BCUT2D eigenvalue weighted by molar-refractivity contribution is 0.439. The largest absolute Gasteiger partial charge is 0.466 e. The van der Waals surface area contributed by atoms with Gasteiger partial charge >= 0.3 is 0 Å². The van der Waals surface area contributed by atoms with Crippen molar-refractivity contribution in [1.29, 1.82) is 0 Å². The molecular weight excluding hydrogens is 306 g/mol. The topological polar surface area (TPSA) is 25.2 Å². The van der Waals surface area contributed by atoms with E-state index in [0.29, 0.717) is 0 Å². The van der Waals surface area contributed by atoms with Crippen LogP contribution in [0.4, 0.5) is 11.4 Å². The minimum Gasteiger partial charge on any atom is -0.466 e. The second-order valence-electron chi connectivity index (χ2n) is 8.48. The first-order chi connectivity index (χ1) is 11.8. The molecule has 2 heteroatoms. The lowest BCUT2D eigenvalue weighted by Gasteiger charge is -2.19. The van der Waals surface area contributed by atoms with Crippen molar-refractivity contribution < 1.29 is 4.42 Å². The molecule has 0 saturated heterocycles. The van der Waals surface area contributed by atoms with Gasteiger partial charge in [-0.2, -0.15) is 0 Å². The summed E-state index contributed by atoms with van der Waals surface area (Å²) >= 11 is 0. The van der Waals surface area contributed by atoms with Gasteiger partial charge in [0.25, 0.3) is 0 Å². The Morgan fingerprint density at radius 2 is 1.60 bits per heavy atom. The molecule has 1 aromatic heterocycles. The Bertz CT molecular complexity index is 923. The minimum atomic E-state index is -0.0953. The summed E-state index contributed by atoms with van der Waals surface area (Å²) in [6.45, 7) is 11.2. The summed E-state index contributed by atoms with van der Waals surface area (Å²) in [4.78, 5) is 0. The number of rotatable bonds is 2. The number of furan rings is 1. The van der Waals surface area contributed by atoms with Crippen LogP contribution in [0.2, 0.25) is 0 Å². The molecule has 0 spiro atoms. The van der Waals surface area contributed by atoms with Crippen LogP contribution < -0.4 is 5.32 Å². The van der Waals surface area contributed by atoms with Gasteiger partial charge in [-0.25, -0.2) is 0 Å². The minimum absolute atomic E-state index is 0.0953. The number of fused-ring (bicyclic) bond motifs is 3. The summed E-state index contributed by atoms with van der Waals surface area (Å²) in [6, 6.07) is 17.3. The molecule has 0 bridgehead atoms. The van der Waals surface area contributed by atoms with Crippen molar-refractivity contribution in [3.8, 4) is 11.1 Å². The molecule has 2 aromatic carbocycles. The highest BCUT2D eigenvalue weighted by atomic mass is 16.3. The van der Waals surface area contributed by atoms with Gasteiger partial charge in [-0.15, -0.1) is 0 Å². The molecule has 0 aliphatic heterocycles. The molecule has 2 nitrogen and oxygen atoms in total. The van der Waals surface area contributed by atoms with Crippen LogP contribution in [0.25, 0.3) is 11.1 Å². The SMILES string of the molecule is CC(C)(C)c1ccc(Nc2coc3c2-c2ccccc2C3(C)C)cc1. The second kappa shape index (κ2) is 5.26. The Morgan fingerprint density at radius 1 is 0.920 bits per heavy atom. The van der Waals surface area contributed by atoms with Crippen LogP contribution in [0.5, 0.6) is 0 Å².